The van der Waals surface area contributed by atoms with E-state index < -0.39 is 0 Å². The number of nitrogens with zero attached hydrogens (tertiary/aromatic N) is 2. The van der Waals surface area contributed by atoms with Crippen molar-refractivity contribution >= 4 is 11.7 Å². The average Bonchev–Trinajstić information content (AvgIpc) is 3.37. The summed E-state index contributed by atoms with van der Waals surface area (Å²) in [6.45, 7) is 9.86. The second-order valence-corrected chi connectivity index (χ2v) is 8.89. The minimum atomic E-state index is -0.219. The lowest BCUT2D eigenvalue weighted by Crippen LogP contribution is -2.30. The molecular weight excluding hydrogens is 352 g/mol. The van der Waals surface area contributed by atoms with Gasteiger partial charge in [0.05, 0.1) is 12.5 Å². The maximum atomic E-state index is 12.3. The van der Waals surface area contributed by atoms with E-state index in [2.05, 4.69) is 41.8 Å². The number of benzene rings is 1. The summed E-state index contributed by atoms with van der Waals surface area (Å²) in [4.78, 5) is 17.4. The fourth-order valence-electron chi connectivity index (χ4n) is 5.44. The first-order valence-corrected chi connectivity index (χ1v) is 10.9. The van der Waals surface area contributed by atoms with Gasteiger partial charge in [0.15, 0.2) is 0 Å². The predicted molar refractivity (Wildman–Crippen MR) is 111 cm³/mol. The van der Waals surface area contributed by atoms with Crippen LogP contribution in [0.25, 0.3) is 0 Å². The number of methoxy groups -OCH3 is 1. The third kappa shape index (κ3) is 3.61. The molecule has 3 saturated heterocycles. The minimum Gasteiger partial charge on any atom is -0.497 e. The molecule has 0 saturated carbocycles. The Morgan fingerprint density at radius 2 is 1.86 bits per heavy atom. The number of ether oxygens (including phenoxy) is 2. The molecule has 3 aliphatic heterocycles. The Morgan fingerprint density at radius 3 is 2.46 bits per heavy atom. The Morgan fingerprint density at radius 1 is 1.14 bits per heavy atom. The molecule has 0 spiro atoms. The highest BCUT2D eigenvalue weighted by atomic mass is 16.6. The number of hydrogen-bond donors (Lipinski definition) is 0. The summed E-state index contributed by atoms with van der Waals surface area (Å²) in [5, 5.41) is 0. The third-order valence-electron chi connectivity index (χ3n) is 7.43. The summed E-state index contributed by atoms with van der Waals surface area (Å²) in [5.41, 5.74) is 1.05. The van der Waals surface area contributed by atoms with Gasteiger partial charge in [-0.15, -0.1) is 0 Å². The van der Waals surface area contributed by atoms with Crippen molar-refractivity contribution in [2.24, 2.45) is 17.3 Å². The zero-order chi connectivity index (χ0) is 19.7. The molecule has 0 N–H and O–H groups in total. The van der Waals surface area contributed by atoms with E-state index in [4.69, 9.17) is 9.47 Å². The second kappa shape index (κ2) is 7.94. The second-order valence-electron chi connectivity index (χ2n) is 8.89. The van der Waals surface area contributed by atoms with Crippen molar-refractivity contribution < 1.29 is 14.3 Å². The van der Waals surface area contributed by atoms with Gasteiger partial charge in [-0.3, -0.25) is 4.79 Å². The molecule has 0 radical (unpaired) electrons. The van der Waals surface area contributed by atoms with Crippen LogP contribution in [0.1, 0.15) is 39.5 Å². The number of fused-ring (bicyclic) bond motifs is 1. The van der Waals surface area contributed by atoms with Crippen LogP contribution in [0.15, 0.2) is 24.3 Å². The standard InChI is InChI=1S/C23H34N2O3/c1-4-23(5-2)12-21(28-22(23)26)9-10-24-13-17-15-25(16-18(17)14-24)19-7-6-8-20(11-19)27-3/h6-8,11,17-18,21H,4-5,9-10,12-16H2,1-3H3. The number of cyclic esters (lactones) is 1. The molecule has 3 heterocycles. The van der Waals surface area contributed by atoms with Crippen molar-refractivity contribution in [2.45, 2.75) is 45.6 Å². The Labute approximate surface area is 169 Å². The maximum Gasteiger partial charge on any atom is 0.312 e. The number of rotatable bonds is 7. The minimum absolute atomic E-state index is 0.0368. The first-order chi connectivity index (χ1) is 13.6. The predicted octanol–water partition coefficient (Wildman–Crippen LogP) is 3.58. The summed E-state index contributed by atoms with van der Waals surface area (Å²) < 4.78 is 11.1. The summed E-state index contributed by atoms with van der Waals surface area (Å²) in [7, 11) is 1.72. The number of hydrogen-bond acceptors (Lipinski definition) is 5. The molecule has 1 aromatic rings. The fraction of sp³-hybridized carbons (Fsp3) is 0.696. The maximum absolute atomic E-state index is 12.3. The van der Waals surface area contributed by atoms with Crippen LogP contribution in [0.2, 0.25) is 0 Å². The summed E-state index contributed by atoms with van der Waals surface area (Å²) in [6.07, 6.45) is 3.79. The summed E-state index contributed by atoms with van der Waals surface area (Å²) in [6, 6.07) is 8.40. The SMILES string of the molecule is CCC1(CC)CC(CCN2CC3CN(c4cccc(OC)c4)CC3C2)OC1=O. The number of carbonyl (C=O) groups is 1. The molecule has 3 aliphatic rings. The molecule has 0 amide bonds. The Hall–Kier alpha value is -1.75. The Balaban J connectivity index is 1.26. The normalized spacial score (nSPS) is 29.2. The van der Waals surface area contributed by atoms with Crippen LogP contribution in [-0.2, 0) is 9.53 Å². The van der Waals surface area contributed by atoms with Gasteiger partial charge >= 0.3 is 5.97 Å². The van der Waals surface area contributed by atoms with Gasteiger partial charge in [0, 0.05) is 50.9 Å². The lowest BCUT2D eigenvalue weighted by Gasteiger charge is -2.24. The molecule has 5 heteroatoms. The zero-order valence-corrected chi connectivity index (χ0v) is 17.5. The van der Waals surface area contributed by atoms with Gasteiger partial charge in [-0.05, 0) is 43.2 Å². The summed E-state index contributed by atoms with van der Waals surface area (Å²) in [5.74, 6) is 2.44. The van der Waals surface area contributed by atoms with Crippen LogP contribution in [0.4, 0.5) is 5.69 Å². The van der Waals surface area contributed by atoms with E-state index >= 15 is 0 Å². The highest BCUT2D eigenvalue weighted by Crippen LogP contribution is 2.41. The molecule has 154 valence electrons. The van der Waals surface area contributed by atoms with Gasteiger partial charge in [0.2, 0.25) is 0 Å². The Kier molecular flexibility index (Phi) is 5.55. The molecule has 3 unspecified atom stereocenters. The molecule has 1 aromatic carbocycles. The first-order valence-electron chi connectivity index (χ1n) is 10.9. The topological polar surface area (TPSA) is 42.0 Å². The van der Waals surface area contributed by atoms with Gasteiger partial charge in [0.1, 0.15) is 11.9 Å². The molecule has 0 bridgehead atoms. The van der Waals surface area contributed by atoms with Crippen LogP contribution in [0.5, 0.6) is 5.75 Å². The molecular formula is C23H34N2O3. The van der Waals surface area contributed by atoms with E-state index in [0.717, 1.165) is 62.9 Å². The van der Waals surface area contributed by atoms with Crippen molar-refractivity contribution in [1.82, 2.24) is 4.90 Å². The van der Waals surface area contributed by atoms with Crippen molar-refractivity contribution in [3.63, 3.8) is 0 Å². The number of carbonyl (C=O) groups excluding carboxylic acids is 1. The highest BCUT2D eigenvalue weighted by Gasteiger charge is 2.46. The lowest BCUT2D eigenvalue weighted by molar-refractivity contribution is -0.149. The van der Waals surface area contributed by atoms with E-state index in [0.29, 0.717) is 0 Å². The number of likely N-dealkylation sites (tertiary alicyclic amines) is 1. The Bertz CT molecular complexity index is 689. The summed E-state index contributed by atoms with van der Waals surface area (Å²) >= 11 is 0. The van der Waals surface area contributed by atoms with E-state index in [1.54, 1.807) is 7.11 Å². The van der Waals surface area contributed by atoms with Crippen molar-refractivity contribution in [3.05, 3.63) is 24.3 Å². The van der Waals surface area contributed by atoms with Crippen molar-refractivity contribution in [3.8, 4) is 5.75 Å². The molecule has 0 aliphatic carbocycles. The van der Waals surface area contributed by atoms with Crippen LogP contribution >= 0.6 is 0 Å². The smallest absolute Gasteiger partial charge is 0.312 e. The fourth-order valence-corrected chi connectivity index (χ4v) is 5.44. The van der Waals surface area contributed by atoms with Gasteiger partial charge in [-0.1, -0.05) is 19.9 Å². The van der Waals surface area contributed by atoms with E-state index in [9.17, 15) is 4.79 Å². The highest BCUT2D eigenvalue weighted by molar-refractivity contribution is 5.78. The first kappa shape index (κ1) is 19.6. The molecule has 4 rings (SSSR count). The molecule has 28 heavy (non-hydrogen) atoms. The van der Waals surface area contributed by atoms with Crippen molar-refractivity contribution in [2.75, 3.05) is 44.7 Å². The number of esters is 1. The van der Waals surface area contributed by atoms with E-state index in [1.165, 1.54) is 18.8 Å². The van der Waals surface area contributed by atoms with Crippen LogP contribution in [0.3, 0.4) is 0 Å². The monoisotopic (exact) mass is 386 g/mol. The van der Waals surface area contributed by atoms with Crippen LogP contribution < -0.4 is 9.64 Å². The van der Waals surface area contributed by atoms with E-state index in [1.807, 2.05) is 6.07 Å². The molecule has 5 nitrogen and oxygen atoms in total. The van der Waals surface area contributed by atoms with Gasteiger partial charge in [-0.25, -0.2) is 0 Å². The van der Waals surface area contributed by atoms with Crippen LogP contribution in [0, 0.1) is 17.3 Å². The zero-order valence-electron chi connectivity index (χ0n) is 17.5. The average molecular weight is 387 g/mol. The number of anilines is 1. The van der Waals surface area contributed by atoms with Gasteiger partial charge in [-0.2, -0.15) is 0 Å². The van der Waals surface area contributed by atoms with Gasteiger partial charge in [0.25, 0.3) is 0 Å². The van der Waals surface area contributed by atoms with E-state index in [-0.39, 0.29) is 17.5 Å². The van der Waals surface area contributed by atoms with Crippen LogP contribution in [-0.4, -0.2) is 56.8 Å². The quantitative estimate of drug-likeness (QED) is 0.670. The lowest BCUT2D eigenvalue weighted by atomic mass is 9.79. The largest absolute Gasteiger partial charge is 0.497 e. The molecule has 3 atom stereocenters. The third-order valence-corrected chi connectivity index (χ3v) is 7.43. The molecule has 3 fully saturated rings. The molecule has 0 aromatic heterocycles. The van der Waals surface area contributed by atoms with Crippen molar-refractivity contribution in [1.29, 1.82) is 0 Å². The van der Waals surface area contributed by atoms with Gasteiger partial charge < -0.3 is 19.3 Å².